The minimum absolute atomic E-state index is 0.577. The molecule has 1 aromatic rings. The maximum Gasteiger partial charge on any atom is 0.0518 e. The average Bonchev–Trinajstić information content (AvgIpc) is 3.17. The Balaban J connectivity index is -0.000000421. The molecule has 0 aliphatic rings. The molecule has 2 nitrogen and oxygen atoms in total. The third-order valence-corrected chi connectivity index (χ3v) is 3.59. The summed E-state index contributed by atoms with van der Waals surface area (Å²) in [5.41, 5.74) is 3.81. The summed E-state index contributed by atoms with van der Waals surface area (Å²) in [5, 5.41) is 4.25. The van der Waals surface area contributed by atoms with Crippen LogP contribution in [0.2, 0.25) is 0 Å². The molecule has 0 radical (unpaired) electrons. The van der Waals surface area contributed by atoms with Gasteiger partial charge in [-0.15, -0.1) is 0 Å². The smallest absolute Gasteiger partial charge is 0.0518 e. The molecule has 0 aliphatic carbocycles. The van der Waals surface area contributed by atoms with Crippen molar-refractivity contribution in [3.05, 3.63) is 90.9 Å². The first-order chi connectivity index (χ1) is 14.0. The van der Waals surface area contributed by atoms with Gasteiger partial charge in [-0.2, -0.15) is 5.10 Å². The van der Waals surface area contributed by atoms with E-state index in [9.17, 15) is 0 Å². The van der Waals surface area contributed by atoms with Gasteiger partial charge in [-0.05, 0) is 44.2 Å². The van der Waals surface area contributed by atoms with Crippen molar-refractivity contribution in [3.63, 3.8) is 0 Å². The van der Waals surface area contributed by atoms with Crippen LogP contribution in [0.4, 0.5) is 0 Å². The van der Waals surface area contributed by atoms with E-state index < -0.39 is 0 Å². The summed E-state index contributed by atoms with van der Waals surface area (Å²) in [7, 11) is 0. The molecule has 0 spiro atoms. The molecular weight excluding hydrogens is 352 g/mol. The zero-order valence-electron chi connectivity index (χ0n) is 20.6. The molecule has 0 bridgehead atoms. The van der Waals surface area contributed by atoms with E-state index in [0.29, 0.717) is 5.92 Å². The Labute approximate surface area is 182 Å². The fourth-order valence-corrected chi connectivity index (χ4v) is 2.05. The van der Waals surface area contributed by atoms with Crippen LogP contribution in [0.3, 0.4) is 0 Å². The van der Waals surface area contributed by atoms with Crippen molar-refractivity contribution in [1.29, 1.82) is 0 Å². The number of aryl methyl sites for hydroxylation is 2. The minimum atomic E-state index is 0.577. The van der Waals surface area contributed by atoms with E-state index >= 15 is 0 Å². The first kappa shape index (κ1) is 31.3. The highest BCUT2D eigenvalue weighted by atomic mass is 15.3. The van der Waals surface area contributed by atoms with Crippen LogP contribution in [-0.4, -0.2) is 9.78 Å². The van der Waals surface area contributed by atoms with Crippen molar-refractivity contribution in [2.45, 2.75) is 75.3 Å². The van der Waals surface area contributed by atoms with Crippen molar-refractivity contribution < 1.29 is 0 Å². The van der Waals surface area contributed by atoms with Gasteiger partial charge in [0.05, 0.1) is 6.20 Å². The maximum absolute atomic E-state index is 4.25. The van der Waals surface area contributed by atoms with E-state index in [1.807, 2.05) is 69.8 Å². The standard InChI is InChI=1S/C13H18N2.C10H16.2C2H6/c1-4-6-7-13(5-2)8-9-15-11-12(3)10-14-15;1-5-7-8-10(6-2)9(3)4;2*1-2/h4-7,10-11H,1,8-9H2,2-3H3;5-9H,2H2,1,3-4H3;2*1-2H3/b7-6-,13-5+;7-5-,10-8+;;. The van der Waals surface area contributed by atoms with Gasteiger partial charge in [0.2, 0.25) is 0 Å². The molecule has 0 N–H and O–H groups in total. The second-order valence-electron chi connectivity index (χ2n) is 6.04. The van der Waals surface area contributed by atoms with E-state index in [1.54, 1.807) is 6.08 Å². The summed E-state index contributed by atoms with van der Waals surface area (Å²) >= 11 is 0. The molecule has 0 saturated heterocycles. The lowest BCUT2D eigenvalue weighted by molar-refractivity contribution is 0.616. The Hall–Kier alpha value is -2.35. The summed E-state index contributed by atoms with van der Waals surface area (Å²) in [6.07, 6.45) is 21.0. The van der Waals surface area contributed by atoms with Gasteiger partial charge in [-0.3, -0.25) is 4.68 Å². The van der Waals surface area contributed by atoms with Crippen LogP contribution >= 0.6 is 0 Å². The van der Waals surface area contributed by atoms with Crippen molar-refractivity contribution in [3.8, 4) is 0 Å². The molecule has 164 valence electrons. The normalized spacial score (nSPS) is 11.2. The third kappa shape index (κ3) is 18.8. The highest BCUT2D eigenvalue weighted by molar-refractivity contribution is 5.23. The zero-order chi connectivity index (χ0) is 23.1. The number of nitrogens with zero attached hydrogens (tertiary/aromatic N) is 2. The lowest BCUT2D eigenvalue weighted by Gasteiger charge is -2.02. The van der Waals surface area contributed by atoms with Gasteiger partial charge in [-0.25, -0.2) is 0 Å². The molecule has 1 rings (SSSR count). The number of rotatable bonds is 8. The molecule has 29 heavy (non-hydrogen) atoms. The van der Waals surface area contributed by atoms with Gasteiger partial charge in [-0.1, -0.05) is 109 Å². The maximum atomic E-state index is 4.25. The highest BCUT2D eigenvalue weighted by Crippen LogP contribution is 2.09. The zero-order valence-corrected chi connectivity index (χ0v) is 20.6. The SMILES string of the molecule is C=C/C(=C\C=C/C)C(C)C.C=C/C=C\C(=C/C)CCn1cc(C)cn1.CC.CC. The molecule has 0 aromatic carbocycles. The van der Waals surface area contributed by atoms with Crippen LogP contribution < -0.4 is 0 Å². The van der Waals surface area contributed by atoms with Gasteiger partial charge >= 0.3 is 0 Å². The Morgan fingerprint density at radius 3 is 2.10 bits per heavy atom. The third-order valence-electron chi connectivity index (χ3n) is 3.59. The molecule has 0 atom stereocenters. The predicted molar refractivity (Wildman–Crippen MR) is 135 cm³/mol. The Kier molecular flexibility index (Phi) is 25.6. The van der Waals surface area contributed by atoms with Gasteiger partial charge in [0, 0.05) is 12.7 Å². The lowest BCUT2D eigenvalue weighted by atomic mass is 10.0. The second-order valence-corrected chi connectivity index (χ2v) is 6.04. The van der Waals surface area contributed by atoms with Gasteiger partial charge in [0.1, 0.15) is 0 Å². The quantitative estimate of drug-likeness (QED) is 0.400. The summed E-state index contributed by atoms with van der Waals surface area (Å²) < 4.78 is 1.97. The van der Waals surface area contributed by atoms with Crippen LogP contribution in [0.5, 0.6) is 0 Å². The predicted octanol–water partition coefficient (Wildman–Crippen LogP) is 8.65. The lowest BCUT2D eigenvalue weighted by Crippen LogP contribution is -1.98. The van der Waals surface area contributed by atoms with E-state index in [4.69, 9.17) is 0 Å². The van der Waals surface area contributed by atoms with Crippen LogP contribution in [0.1, 0.15) is 67.4 Å². The van der Waals surface area contributed by atoms with E-state index in [2.05, 4.69) is 70.4 Å². The summed E-state index contributed by atoms with van der Waals surface area (Å²) in [6.45, 7) is 26.8. The van der Waals surface area contributed by atoms with Crippen LogP contribution in [0.15, 0.2) is 85.3 Å². The fraction of sp³-hybridized carbons (Fsp3) is 0.444. The molecule has 0 saturated carbocycles. The fourth-order valence-electron chi connectivity index (χ4n) is 2.05. The van der Waals surface area contributed by atoms with Gasteiger partial charge < -0.3 is 0 Å². The molecule has 0 unspecified atom stereocenters. The van der Waals surface area contributed by atoms with Gasteiger partial charge in [0.25, 0.3) is 0 Å². The number of hydrogen-bond acceptors (Lipinski definition) is 1. The van der Waals surface area contributed by atoms with Crippen LogP contribution in [-0.2, 0) is 6.54 Å². The molecule has 1 aromatic heterocycles. The molecule has 0 aliphatic heterocycles. The largest absolute Gasteiger partial charge is 0.272 e. The number of hydrogen-bond donors (Lipinski definition) is 0. The number of allylic oxidation sites excluding steroid dienone is 10. The van der Waals surface area contributed by atoms with Gasteiger partial charge in [0.15, 0.2) is 0 Å². The Morgan fingerprint density at radius 2 is 1.72 bits per heavy atom. The molecule has 2 heteroatoms. The molecule has 0 amide bonds. The number of aromatic nitrogens is 2. The highest BCUT2D eigenvalue weighted by Gasteiger charge is 1.96. The van der Waals surface area contributed by atoms with Crippen LogP contribution in [0.25, 0.3) is 0 Å². The van der Waals surface area contributed by atoms with Crippen molar-refractivity contribution >= 4 is 0 Å². The van der Waals surface area contributed by atoms with E-state index in [0.717, 1.165) is 13.0 Å². The summed E-state index contributed by atoms with van der Waals surface area (Å²) in [6, 6.07) is 0. The molecule has 1 heterocycles. The minimum Gasteiger partial charge on any atom is -0.272 e. The van der Waals surface area contributed by atoms with Crippen molar-refractivity contribution in [1.82, 2.24) is 9.78 Å². The van der Waals surface area contributed by atoms with Crippen molar-refractivity contribution in [2.24, 2.45) is 5.92 Å². The van der Waals surface area contributed by atoms with Crippen LogP contribution in [0, 0.1) is 12.8 Å². The summed E-state index contributed by atoms with van der Waals surface area (Å²) in [4.78, 5) is 0. The molecule has 0 fully saturated rings. The topological polar surface area (TPSA) is 17.8 Å². The molecular formula is C27H46N2. The van der Waals surface area contributed by atoms with E-state index in [-0.39, 0.29) is 0 Å². The monoisotopic (exact) mass is 398 g/mol. The van der Waals surface area contributed by atoms with Crippen molar-refractivity contribution in [2.75, 3.05) is 0 Å². The first-order valence-corrected chi connectivity index (χ1v) is 10.9. The van der Waals surface area contributed by atoms with E-state index in [1.165, 1.54) is 16.7 Å². The first-order valence-electron chi connectivity index (χ1n) is 10.9. The Bertz CT molecular complexity index is 623. The second kappa shape index (κ2) is 23.7. The Morgan fingerprint density at radius 1 is 1.10 bits per heavy atom. The average molecular weight is 399 g/mol. The summed E-state index contributed by atoms with van der Waals surface area (Å²) in [5.74, 6) is 0.577.